The van der Waals surface area contributed by atoms with Crippen LogP contribution < -0.4 is 0 Å². The maximum Gasteiger partial charge on any atom is 0.280 e. The van der Waals surface area contributed by atoms with Gasteiger partial charge in [-0.25, -0.2) is 8.78 Å². The Hall–Kier alpha value is -0.990. The van der Waals surface area contributed by atoms with Crippen LogP contribution in [0.1, 0.15) is 59.8 Å². The van der Waals surface area contributed by atoms with Crippen LogP contribution in [0.2, 0.25) is 0 Å². The second kappa shape index (κ2) is 10.9. The minimum absolute atomic E-state index is 0.108. The average Bonchev–Trinajstić information content (AvgIpc) is 2.39. The van der Waals surface area contributed by atoms with Gasteiger partial charge in [0.05, 0.1) is 0 Å². The van der Waals surface area contributed by atoms with Crippen molar-refractivity contribution in [1.82, 2.24) is 0 Å². The molecule has 0 aromatic heterocycles. The summed E-state index contributed by atoms with van der Waals surface area (Å²) < 4.78 is 25.6. The first-order valence-corrected chi connectivity index (χ1v) is 7.25. The molecule has 0 aliphatic carbocycles. The Kier molecular flexibility index (Phi) is 10.3. The van der Waals surface area contributed by atoms with Crippen LogP contribution in [0, 0.1) is 5.92 Å². The van der Waals surface area contributed by atoms with Crippen molar-refractivity contribution in [2.24, 2.45) is 10.9 Å². The first kappa shape index (κ1) is 18.0. The van der Waals surface area contributed by atoms with Gasteiger partial charge in [-0.1, -0.05) is 52.2 Å². The van der Waals surface area contributed by atoms with Gasteiger partial charge < -0.3 is 0 Å². The third-order valence-electron chi connectivity index (χ3n) is 3.12. The number of aliphatic imine (C=N–C) groups is 1. The quantitative estimate of drug-likeness (QED) is 0.471. The minimum Gasteiger partial charge on any atom is -0.255 e. The molecular formula is C16H27F2N. The molecular weight excluding hydrogens is 244 g/mol. The highest BCUT2D eigenvalue weighted by Crippen LogP contribution is 2.18. The lowest BCUT2D eigenvalue weighted by molar-refractivity contribution is 0.188. The fourth-order valence-corrected chi connectivity index (χ4v) is 1.80. The van der Waals surface area contributed by atoms with E-state index in [0.717, 1.165) is 31.3 Å². The van der Waals surface area contributed by atoms with E-state index in [1.807, 2.05) is 19.9 Å². The van der Waals surface area contributed by atoms with Gasteiger partial charge in [0.1, 0.15) is 5.70 Å². The molecule has 0 N–H and O–H groups in total. The summed E-state index contributed by atoms with van der Waals surface area (Å²) in [5.41, 5.74) is 0.931. The van der Waals surface area contributed by atoms with Crippen molar-refractivity contribution in [3.63, 3.8) is 0 Å². The number of unbranched alkanes of at least 4 members (excludes halogenated alkanes) is 2. The molecule has 0 saturated heterocycles. The summed E-state index contributed by atoms with van der Waals surface area (Å²) in [6, 6.07) is 0. The van der Waals surface area contributed by atoms with Gasteiger partial charge in [-0.15, -0.1) is 0 Å². The summed E-state index contributed by atoms with van der Waals surface area (Å²) in [4.78, 5) is 3.98. The first-order chi connectivity index (χ1) is 9.06. The molecule has 0 fully saturated rings. The number of hydrogen-bond donors (Lipinski definition) is 0. The highest BCUT2D eigenvalue weighted by Gasteiger charge is 2.10. The van der Waals surface area contributed by atoms with Crippen LogP contribution in [-0.2, 0) is 0 Å². The van der Waals surface area contributed by atoms with Gasteiger partial charge in [0.2, 0.25) is 0 Å². The predicted molar refractivity (Wildman–Crippen MR) is 79.9 cm³/mol. The molecule has 0 spiro atoms. The van der Waals surface area contributed by atoms with E-state index in [1.165, 1.54) is 6.08 Å². The lowest BCUT2D eigenvalue weighted by atomic mass is 9.96. The van der Waals surface area contributed by atoms with Crippen molar-refractivity contribution in [3.05, 3.63) is 23.4 Å². The SMILES string of the molecule is C\C=C(/C=N/C(=C/CCC)C(F)F)[C@@H](C)CCCC. The van der Waals surface area contributed by atoms with Crippen molar-refractivity contribution in [2.75, 3.05) is 0 Å². The summed E-state index contributed by atoms with van der Waals surface area (Å²) in [6.07, 6.45) is 7.49. The van der Waals surface area contributed by atoms with Crippen LogP contribution >= 0.6 is 0 Å². The van der Waals surface area contributed by atoms with Crippen molar-refractivity contribution in [1.29, 1.82) is 0 Å². The Balaban J connectivity index is 4.70. The highest BCUT2D eigenvalue weighted by atomic mass is 19.3. The van der Waals surface area contributed by atoms with Crippen molar-refractivity contribution in [2.45, 2.75) is 66.2 Å². The van der Waals surface area contributed by atoms with Gasteiger partial charge in [-0.05, 0) is 31.3 Å². The zero-order valence-corrected chi connectivity index (χ0v) is 12.6. The molecule has 0 aliphatic rings. The van der Waals surface area contributed by atoms with Crippen LogP contribution in [0.25, 0.3) is 0 Å². The van der Waals surface area contributed by atoms with E-state index < -0.39 is 6.43 Å². The maximum absolute atomic E-state index is 12.8. The van der Waals surface area contributed by atoms with Crippen LogP contribution in [0.4, 0.5) is 8.78 Å². The molecule has 0 aromatic rings. The van der Waals surface area contributed by atoms with E-state index in [-0.39, 0.29) is 5.70 Å². The lowest BCUT2D eigenvalue weighted by Crippen LogP contribution is -2.02. The van der Waals surface area contributed by atoms with Crippen LogP contribution in [-0.4, -0.2) is 12.6 Å². The topological polar surface area (TPSA) is 12.4 Å². The fourth-order valence-electron chi connectivity index (χ4n) is 1.80. The number of alkyl halides is 2. The van der Waals surface area contributed by atoms with E-state index in [2.05, 4.69) is 18.8 Å². The Labute approximate surface area is 116 Å². The van der Waals surface area contributed by atoms with Gasteiger partial charge in [-0.2, -0.15) is 0 Å². The average molecular weight is 271 g/mol. The van der Waals surface area contributed by atoms with Gasteiger partial charge in [0.15, 0.2) is 0 Å². The Bertz CT molecular complexity index is 317. The second-order valence-corrected chi connectivity index (χ2v) is 4.81. The van der Waals surface area contributed by atoms with Crippen molar-refractivity contribution in [3.8, 4) is 0 Å². The van der Waals surface area contributed by atoms with E-state index in [9.17, 15) is 8.78 Å². The molecule has 0 amide bonds. The number of halogens is 2. The Morgan fingerprint density at radius 3 is 2.37 bits per heavy atom. The second-order valence-electron chi connectivity index (χ2n) is 4.81. The molecule has 0 radical (unpaired) electrons. The molecule has 0 aromatic carbocycles. The first-order valence-electron chi connectivity index (χ1n) is 7.25. The number of allylic oxidation sites excluding steroid dienone is 4. The van der Waals surface area contributed by atoms with E-state index >= 15 is 0 Å². The zero-order valence-electron chi connectivity index (χ0n) is 12.6. The van der Waals surface area contributed by atoms with Crippen molar-refractivity contribution < 1.29 is 8.78 Å². The molecule has 0 aliphatic heterocycles. The lowest BCUT2D eigenvalue weighted by Gasteiger charge is -2.11. The van der Waals surface area contributed by atoms with E-state index in [1.54, 1.807) is 6.21 Å². The highest BCUT2D eigenvalue weighted by molar-refractivity contribution is 5.79. The number of rotatable bonds is 9. The van der Waals surface area contributed by atoms with Gasteiger partial charge in [0.25, 0.3) is 6.43 Å². The maximum atomic E-state index is 12.8. The molecule has 110 valence electrons. The third-order valence-corrected chi connectivity index (χ3v) is 3.12. The molecule has 0 heterocycles. The molecule has 1 atom stereocenters. The standard InChI is InChI=1S/C16H27F2N/c1-5-8-10-13(4)14(7-3)12-19-15(16(17)18)11-9-6-2/h7,11-13,16H,5-6,8-10H2,1-4H3/b14-7+,15-11+,19-12+/t13-/m0/s1. The molecule has 0 bridgehead atoms. The normalized spacial score (nSPS) is 15.5. The largest absolute Gasteiger partial charge is 0.280 e. The third kappa shape index (κ3) is 7.91. The fraction of sp³-hybridized carbons (Fsp3) is 0.688. The van der Waals surface area contributed by atoms with Gasteiger partial charge >= 0.3 is 0 Å². The monoisotopic (exact) mass is 271 g/mol. The molecule has 0 unspecified atom stereocenters. The Morgan fingerprint density at radius 2 is 1.89 bits per heavy atom. The van der Waals surface area contributed by atoms with Gasteiger partial charge in [0, 0.05) is 6.21 Å². The summed E-state index contributed by atoms with van der Waals surface area (Å²) in [7, 11) is 0. The number of hydrogen-bond acceptors (Lipinski definition) is 1. The summed E-state index contributed by atoms with van der Waals surface area (Å²) in [6.45, 7) is 8.17. The zero-order chi connectivity index (χ0) is 14.7. The summed E-state index contributed by atoms with van der Waals surface area (Å²) in [5, 5.41) is 0. The van der Waals surface area contributed by atoms with Crippen LogP contribution in [0.5, 0.6) is 0 Å². The molecule has 19 heavy (non-hydrogen) atoms. The molecule has 1 nitrogen and oxygen atoms in total. The van der Waals surface area contributed by atoms with Crippen LogP contribution in [0.15, 0.2) is 28.4 Å². The minimum atomic E-state index is -2.49. The van der Waals surface area contributed by atoms with Crippen molar-refractivity contribution >= 4 is 6.21 Å². The number of nitrogens with zero attached hydrogens (tertiary/aromatic N) is 1. The molecule has 0 saturated carbocycles. The van der Waals surface area contributed by atoms with E-state index in [0.29, 0.717) is 12.3 Å². The van der Waals surface area contributed by atoms with Gasteiger partial charge in [-0.3, -0.25) is 4.99 Å². The van der Waals surface area contributed by atoms with Crippen LogP contribution in [0.3, 0.4) is 0 Å². The van der Waals surface area contributed by atoms with E-state index in [4.69, 9.17) is 0 Å². The smallest absolute Gasteiger partial charge is 0.255 e. The summed E-state index contributed by atoms with van der Waals surface area (Å²) >= 11 is 0. The Morgan fingerprint density at radius 1 is 1.21 bits per heavy atom. The predicted octanol–water partition coefficient (Wildman–Crippen LogP) is 5.78. The molecule has 3 heteroatoms. The molecule has 0 rings (SSSR count). The summed E-state index contributed by atoms with van der Waals surface area (Å²) in [5.74, 6) is 0.374.